The van der Waals surface area contributed by atoms with Gasteiger partial charge in [-0.3, -0.25) is 10.1 Å². The van der Waals surface area contributed by atoms with Crippen LogP contribution in [0.5, 0.6) is 0 Å². The highest BCUT2D eigenvalue weighted by molar-refractivity contribution is 7.80. The zero-order valence-corrected chi connectivity index (χ0v) is 12.3. The van der Waals surface area contributed by atoms with Crippen molar-refractivity contribution in [3.05, 3.63) is 77.9 Å². The summed E-state index contributed by atoms with van der Waals surface area (Å²) >= 11 is 5.08. The molecule has 3 nitrogen and oxygen atoms in total. The first-order valence-corrected chi connectivity index (χ1v) is 7.01. The van der Waals surface area contributed by atoms with Crippen molar-refractivity contribution in [2.24, 2.45) is 0 Å². The van der Waals surface area contributed by atoms with Gasteiger partial charge in [-0.25, -0.2) is 0 Å². The lowest BCUT2D eigenvalue weighted by Crippen LogP contribution is -2.37. The summed E-state index contributed by atoms with van der Waals surface area (Å²) in [5, 5.41) is 5.93. The third-order valence-corrected chi connectivity index (χ3v) is 3.01. The van der Waals surface area contributed by atoms with Crippen LogP contribution in [0.3, 0.4) is 0 Å². The molecule has 0 unspecified atom stereocenters. The van der Waals surface area contributed by atoms with Crippen LogP contribution < -0.4 is 10.6 Å². The minimum atomic E-state index is -0.246. The van der Waals surface area contributed by atoms with Crippen molar-refractivity contribution >= 4 is 29.3 Å². The van der Waals surface area contributed by atoms with Gasteiger partial charge >= 0.3 is 0 Å². The molecule has 0 saturated carbocycles. The van der Waals surface area contributed by atoms with Gasteiger partial charge in [0.25, 0.3) is 0 Å². The van der Waals surface area contributed by atoms with Crippen LogP contribution in [-0.2, 0) is 11.3 Å². The summed E-state index contributed by atoms with van der Waals surface area (Å²) < 4.78 is 0. The molecule has 2 rings (SSSR count). The van der Waals surface area contributed by atoms with Crippen LogP contribution in [0.25, 0.3) is 6.08 Å². The number of hydrogen-bond donors (Lipinski definition) is 2. The Kier molecular flexibility index (Phi) is 5.67. The van der Waals surface area contributed by atoms with E-state index in [1.807, 2.05) is 60.7 Å². The van der Waals surface area contributed by atoms with Crippen molar-refractivity contribution in [1.82, 2.24) is 10.6 Å². The summed E-state index contributed by atoms with van der Waals surface area (Å²) in [5.41, 5.74) is 2.07. The quantitative estimate of drug-likeness (QED) is 0.673. The molecule has 0 atom stereocenters. The standard InChI is InChI=1S/C17H16N2OS/c20-16(12-11-14-7-3-1-4-8-14)19-17(21)18-13-15-9-5-2-6-10-15/h1-12H,13H2,(H2,18,19,20,21)/b12-11+. The van der Waals surface area contributed by atoms with E-state index in [-0.39, 0.29) is 5.91 Å². The van der Waals surface area contributed by atoms with E-state index in [1.54, 1.807) is 6.08 Å². The van der Waals surface area contributed by atoms with Gasteiger partial charge in [0, 0.05) is 12.6 Å². The van der Waals surface area contributed by atoms with E-state index in [9.17, 15) is 4.79 Å². The van der Waals surface area contributed by atoms with E-state index < -0.39 is 0 Å². The Balaban J connectivity index is 1.77. The first-order chi connectivity index (χ1) is 10.2. The average molecular weight is 296 g/mol. The van der Waals surface area contributed by atoms with E-state index in [4.69, 9.17) is 12.2 Å². The fourth-order valence-corrected chi connectivity index (χ4v) is 1.88. The average Bonchev–Trinajstić information content (AvgIpc) is 2.53. The molecule has 2 aromatic carbocycles. The third-order valence-electron chi connectivity index (χ3n) is 2.76. The number of rotatable bonds is 4. The maximum atomic E-state index is 11.7. The smallest absolute Gasteiger partial charge is 0.250 e. The number of benzene rings is 2. The largest absolute Gasteiger partial charge is 0.358 e. The number of carbonyl (C=O) groups is 1. The molecule has 0 aliphatic carbocycles. The molecule has 2 aromatic rings. The monoisotopic (exact) mass is 296 g/mol. The summed E-state index contributed by atoms with van der Waals surface area (Å²) in [4.78, 5) is 11.7. The van der Waals surface area contributed by atoms with E-state index in [0.29, 0.717) is 11.7 Å². The van der Waals surface area contributed by atoms with E-state index in [1.165, 1.54) is 6.08 Å². The number of thiocarbonyl (C=S) groups is 1. The van der Waals surface area contributed by atoms with Crippen LogP contribution in [-0.4, -0.2) is 11.0 Å². The lowest BCUT2D eigenvalue weighted by Gasteiger charge is -2.07. The van der Waals surface area contributed by atoms with Gasteiger partial charge in [0.2, 0.25) is 5.91 Å². The molecule has 0 radical (unpaired) electrons. The van der Waals surface area contributed by atoms with Gasteiger partial charge in [0.15, 0.2) is 5.11 Å². The van der Waals surface area contributed by atoms with Gasteiger partial charge in [0.1, 0.15) is 0 Å². The van der Waals surface area contributed by atoms with Crippen molar-refractivity contribution in [3.63, 3.8) is 0 Å². The first kappa shape index (κ1) is 14.9. The summed E-state index contributed by atoms with van der Waals surface area (Å²) in [6.45, 7) is 0.586. The Morgan fingerprint density at radius 1 is 1.00 bits per heavy atom. The molecule has 0 aliphatic rings. The van der Waals surface area contributed by atoms with Crippen molar-refractivity contribution in [2.45, 2.75) is 6.54 Å². The van der Waals surface area contributed by atoms with Crippen molar-refractivity contribution in [3.8, 4) is 0 Å². The predicted octanol–water partition coefficient (Wildman–Crippen LogP) is 2.89. The van der Waals surface area contributed by atoms with Gasteiger partial charge in [-0.05, 0) is 29.4 Å². The summed E-state index contributed by atoms with van der Waals surface area (Å²) in [5.74, 6) is -0.246. The fourth-order valence-electron chi connectivity index (χ4n) is 1.71. The Labute approximate surface area is 129 Å². The summed E-state index contributed by atoms with van der Waals surface area (Å²) in [6.07, 6.45) is 3.21. The first-order valence-electron chi connectivity index (χ1n) is 6.60. The molecule has 0 bridgehead atoms. The molecule has 0 aromatic heterocycles. The van der Waals surface area contributed by atoms with Crippen molar-refractivity contribution in [2.75, 3.05) is 0 Å². The third kappa shape index (κ3) is 5.58. The Bertz CT molecular complexity index is 624. The minimum Gasteiger partial charge on any atom is -0.358 e. The second-order valence-corrected chi connectivity index (χ2v) is 4.81. The molecular formula is C17H16N2OS. The normalized spacial score (nSPS) is 10.3. The second-order valence-electron chi connectivity index (χ2n) is 4.40. The maximum Gasteiger partial charge on any atom is 0.250 e. The van der Waals surface area contributed by atoms with Crippen LogP contribution in [0.1, 0.15) is 11.1 Å². The van der Waals surface area contributed by atoms with Crippen molar-refractivity contribution in [1.29, 1.82) is 0 Å². The maximum absolute atomic E-state index is 11.7. The second kappa shape index (κ2) is 7.97. The molecule has 0 heterocycles. The lowest BCUT2D eigenvalue weighted by atomic mass is 10.2. The zero-order chi connectivity index (χ0) is 14.9. The molecule has 0 saturated heterocycles. The molecule has 106 valence electrons. The van der Waals surface area contributed by atoms with E-state index >= 15 is 0 Å². The highest BCUT2D eigenvalue weighted by atomic mass is 32.1. The molecule has 1 amide bonds. The number of amides is 1. The zero-order valence-electron chi connectivity index (χ0n) is 11.5. The Hall–Kier alpha value is -2.46. The number of nitrogens with one attached hydrogen (secondary N) is 2. The predicted molar refractivity (Wildman–Crippen MR) is 89.5 cm³/mol. The van der Waals surface area contributed by atoms with Crippen LogP contribution in [0.2, 0.25) is 0 Å². The van der Waals surface area contributed by atoms with Crippen LogP contribution >= 0.6 is 12.2 Å². The molecule has 21 heavy (non-hydrogen) atoms. The summed E-state index contributed by atoms with van der Waals surface area (Å²) in [7, 11) is 0. The lowest BCUT2D eigenvalue weighted by molar-refractivity contribution is -0.115. The SMILES string of the molecule is O=C(/C=C/c1ccccc1)NC(=S)NCc1ccccc1. The van der Waals surface area contributed by atoms with Gasteiger partial charge in [0.05, 0.1) is 0 Å². The van der Waals surface area contributed by atoms with E-state index in [2.05, 4.69) is 10.6 Å². The summed E-state index contributed by atoms with van der Waals surface area (Å²) in [6, 6.07) is 19.5. The van der Waals surface area contributed by atoms with Gasteiger partial charge in [-0.1, -0.05) is 60.7 Å². The minimum absolute atomic E-state index is 0.246. The van der Waals surface area contributed by atoms with Gasteiger partial charge in [-0.15, -0.1) is 0 Å². The van der Waals surface area contributed by atoms with Crippen LogP contribution in [0, 0.1) is 0 Å². The van der Waals surface area contributed by atoms with Crippen molar-refractivity contribution < 1.29 is 4.79 Å². The van der Waals surface area contributed by atoms with Crippen LogP contribution in [0.15, 0.2) is 66.7 Å². The Morgan fingerprint density at radius 3 is 2.29 bits per heavy atom. The molecule has 0 aliphatic heterocycles. The van der Waals surface area contributed by atoms with Gasteiger partial charge < -0.3 is 5.32 Å². The highest BCUT2D eigenvalue weighted by Gasteiger charge is 2.00. The number of hydrogen-bond acceptors (Lipinski definition) is 2. The molecule has 4 heteroatoms. The molecule has 2 N–H and O–H groups in total. The number of carbonyl (C=O) groups excluding carboxylic acids is 1. The molecule has 0 spiro atoms. The Morgan fingerprint density at radius 2 is 1.62 bits per heavy atom. The topological polar surface area (TPSA) is 41.1 Å². The highest BCUT2D eigenvalue weighted by Crippen LogP contribution is 2.00. The van der Waals surface area contributed by atoms with E-state index in [0.717, 1.165) is 11.1 Å². The molecular weight excluding hydrogens is 280 g/mol. The van der Waals surface area contributed by atoms with Gasteiger partial charge in [-0.2, -0.15) is 0 Å². The van der Waals surface area contributed by atoms with Crippen LogP contribution in [0.4, 0.5) is 0 Å². The fraction of sp³-hybridized carbons (Fsp3) is 0.0588. The molecule has 0 fully saturated rings.